The molecular formula is C18H25NO. The van der Waals surface area contributed by atoms with E-state index in [1.165, 1.54) is 49.8 Å². The molecule has 1 aromatic rings. The Balaban J connectivity index is 1.56. The lowest BCUT2D eigenvalue weighted by Crippen LogP contribution is -2.37. The summed E-state index contributed by atoms with van der Waals surface area (Å²) in [5.41, 5.74) is 2.97. The predicted molar refractivity (Wildman–Crippen MR) is 83.3 cm³/mol. The van der Waals surface area contributed by atoms with Gasteiger partial charge in [-0.05, 0) is 74.2 Å². The van der Waals surface area contributed by atoms with E-state index >= 15 is 0 Å². The summed E-state index contributed by atoms with van der Waals surface area (Å²) in [6.45, 7) is 1.17. The van der Waals surface area contributed by atoms with Crippen LogP contribution < -0.4 is 10.1 Å². The SMILES string of the molecule is COc1ccc2c(c1)CC(NCC1CC=CCC1)CC2. The number of nitrogens with one attached hydrogen (secondary N) is 1. The fraction of sp³-hybridized carbons (Fsp3) is 0.556. The van der Waals surface area contributed by atoms with Crippen LogP contribution in [0.2, 0.25) is 0 Å². The molecule has 2 aliphatic carbocycles. The predicted octanol–water partition coefficient (Wildman–Crippen LogP) is 3.50. The lowest BCUT2D eigenvalue weighted by molar-refractivity contribution is 0.379. The minimum absolute atomic E-state index is 0.639. The van der Waals surface area contributed by atoms with Crippen molar-refractivity contribution < 1.29 is 4.74 Å². The number of hydrogen-bond acceptors (Lipinski definition) is 2. The molecule has 0 fully saturated rings. The van der Waals surface area contributed by atoms with Crippen LogP contribution in [0.15, 0.2) is 30.4 Å². The molecule has 3 rings (SSSR count). The van der Waals surface area contributed by atoms with Gasteiger partial charge in [-0.15, -0.1) is 0 Å². The van der Waals surface area contributed by atoms with E-state index in [1.54, 1.807) is 7.11 Å². The van der Waals surface area contributed by atoms with Gasteiger partial charge in [-0.25, -0.2) is 0 Å². The van der Waals surface area contributed by atoms with Gasteiger partial charge in [0.25, 0.3) is 0 Å². The van der Waals surface area contributed by atoms with Crippen LogP contribution >= 0.6 is 0 Å². The van der Waals surface area contributed by atoms with Crippen molar-refractivity contribution in [2.24, 2.45) is 5.92 Å². The van der Waals surface area contributed by atoms with Crippen LogP contribution in [0.3, 0.4) is 0 Å². The molecule has 1 N–H and O–H groups in total. The van der Waals surface area contributed by atoms with Crippen molar-refractivity contribution >= 4 is 0 Å². The van der Waals surface area contributed by atoms with Gasteiger partial charge in [-0.2, -0.15) is 0 Å². The van der Waals surface area contributed by atoms with E-state index in [-0.39, 0.29) is 0 Å². The Morgan fingerprint density at radius 1 is 1.20 bits per heavy atom. The first-order valence-corrected chi connectivity index (χ1v) is 7.89. The summed E-state index contributed by atoms with van der Waals surface area (Å²) in [6.07, 6.45) is 12.1. The van der Waals surface area contributed by atoms with E-state index in [4.69, 9.17) is 4.74 Å². The molecular weight excluding hydrogens is 246 g/mol. The number of rotatable bonds is 4. The second-order valence-corrected chi connectivity index (χ2v) is 6.13. The van der Waals surface area contributed by atoms with Crippen LogP contribution in [0.5, 0.6) is 5.75 Å². The molecule has 2 heteroatoms. The summed E-state index contributed by atoms with van der Waals surface area (Å²) < 4.78 is 5.34. The Bertz CT molecular complexity index is 480. The van der Waals surface area contributed by atoms with E-state index in [1.807, 2.05) is 0 Å². The first-order chi connectivity index (χ1) is 9.85. The summed E-state index contributed by atoms with van der Waals surface area (Å²) in [6, 6.07) is 7.17. The summed E-state index contributed by atoms with van der Waals surface area (Å²) in [5.74, 6) is 1.83. The van der Waals surface area contributed by atoms with E-state index in [0.29, 0.717) is 6.04 Å². The fourth-order valence-corrected chi connectivity index (χ4v) is 3.41. The third-order valence-electron chi connectivity index (χ3n) is 4.71. The quantitative estimate of drug-likeness (QED) is 0.846. The smallest absolute Gasteiger partial charge is 0.119 e. The van der Waals surface area contributed by atoms with E-state index in [2.05, 4.69) is 35.7 Å². The van der Waals surface area contributed by atoms with E-state index in [9.17, 15) is 0 Å². The Kier molecular flexibility index (Phi) is 4.41. The number of allylic oxidation sites excluding steroid dienone is 2. The zero-order valence-electron chi connectivity index (χ0n) is 12.4. The van der Waals surface area contributed by atoms with Crippen molar-refractivity contribution in [3.63, 3.8) is 0 Å². The maximum atomic E-state index is 5.34. The molecule has 108 valence electrons. The van der Waals surface area contributed by atoms with Crippen molar-refractivity contribution in [2.75, 3.05) is 13.7 Å². The Hall–Kier alpha value is -1.28. The normalized spacial score (nSPS) is 25.2. The van der Waals surface area contributed by atoms with Gasteiger partial charge in [0.15, 0.2) is 0 Å². The molecule has 0 aliphatic heterocycles. The first kappa shape index (κ1) is 13.7. The molecule has 0 radical (unpaired) electrons. The molecule has 0 bridgehead atoms. The summed E-state index contributed by atoms with van der Waals surface area (Å²) in [5, 5.41) is 3.79. The Labute approximate surface area is 122 Å². The topological polar surface area (TPSA) is 21.3 Å². The standard InChI is InChI=1S/C18H25NO/c1-20-18-10-8-15-7-9-17(11-16(15)12-18)19-13-14-5-3-2-4-6-14/h2-3,8,10,12,14,17,19H,4-7,9,11,13H2,1H3. The van der Waals surface area contributed by atoms with Crippen LogP contribution in [-0.4, -0.2) is 19.7 Å². The van der Waals surface area contributed by atoms with Gasteiger partial charge in [-0.1, -0.05) is 18.2 Å². The van der Waals surface area contributed by atoms with Gasteiger partial charge in [0.1, 0.15) is 5.75 Å². The number of benzene rings is 1. The van der Waals surface area contributed by atoms with Crippen molar-refractivity contribution in [3.8, 4) is 5.75 Å². The van der Waals surface area contributed by atoms with Gasteiger partial charge in [0.2, 0.25) is 0 Å². The van der Waals surface area contributed by atoms with Crippen LogP contribution in [0.1, 0.15) is 36.8 Å². The second kappa shape index (κ2) is 6.45. The van der Waals surface area contributed by atoms with Gasteiger partial charge < -0.3 is 10.1 Å². The van der Waals surface area contributed by atoms with Crippen molar-refractivity contribution in [1.29, 1.82) is 0 Å². The third-order valence-corrected chi connectivity index (χ3v) is 4.71. The zero-order valence-corrected chi connectivity index (χ0v) is 12.4. The number of ether oxygens (including phenoxy) is 1. The minimum atomic E-state index is 0.639. The molecule has 2 aliphatic rings. The largest absolute Gasteiger partial charge is 0.497 e. The summed E-state index contributed by atoms with van der Waals surface area (Å²) in [4.78, 5) is 0. The van der Waals surface area contributed by atoms with Gasteiger partial charge >= 0.3 is 0 Å². The Morgan fingerprint density at radius 2 is 2.15 bits per heavy atom. The van der Waals surface area contributed by atoms with Gasteiger partial charge in [-0.3, -0.25) is 0 Å². The zero-order chi connectivity index (χ0) is 13.8. The van der Waals surface area contributed by atoms with Crippen LogP contribution in [0, 0.1) is 5.92 Å². The van der Waals surface area contributed by atoms with E-state index < -0.39 is 0 Å². The minimum Gasteiger partial charge on any atom is -0.497 e. The van der Waals surface area contributed by atoms with Crippen molar-refractivity contribution in [3.05, 3.63) is 41.5 Å². The van der Waals surface area contributed by atoms with Crippen molar-refractivity contribution in [1.82, 2.24) is 5.32 Å². The summed E-state index contributed by atoms with van der Waals surface area (Å²) in [7, 11) is 1.75. The van der Waals surface area contributed by atoms with Crippen LogP contribution in [0.25, 0.3) is 0 Å². The van der Waals surface area contributed by atoms with Gasteiger partial charge in [0.05, 0.1) is 7.11 Å². The molecule has 2 atom stereocenters. The molecule has 2 nitrogen and oxygen atoms in total. The average Bonchev–Trinajstić information content (AvgIpc) is 2.53. The molecule has 0 saturated heterocycles. The average molecular weight is 271 g/mol. The second-order valence-electron chi connectivity index (χ2n) is 6.13. The lowest BCUT2D eigenvalue weighted by atomic mass is 9.87. The molecule has 0 aromatic heterocycles. The highest BCUT2D eigenvalue weighted by atomic mass is 16.5. The monoisotopic (exact) mass is 271 g/mol. The molecule has 0 saturated carbocycles. The highest BCUT2D eigenvalue weighted by Gasteiger charge is 2.20. The molecule has 20 heavy (non-hydrogen) atoms. The molecule has 2 unspecified atom stereocenters. The number of fused-ring (bicyclic) bond motifs is 1. The lowest BCUT2D eigenvalue weighted by Gasteiger charge is -2.28. The number of hydrogen-bond donors (Lipinski definition) is 1. The van der Waals surface area contributed by atoms with E-state index in [0.717, 1.165) is 18.1 Å². The molecule has 1 aromatic carbocycles. The maximum Gasteiger partial charge on any atom is 0.119 e. The van der Waals surface area contributed by atoms with Crippen molar-refractivity contribution in [2.45, 2.75) is 44.6 Å². The van der Waals surface area contributed by atoms with Crippen LogP contribution in [0.4, 0.5) is 0 Å². The maximum absolute atomic E-state index is 5.34. The Morgan fingerprint density at radius 3 is 2.95 bits per heavy atom. The summed E-state index contributed by atoms with van der Waals surface area (Å²) >= 11 is 0. The molecule has 0 heterocycles. The highest BCUT2D eigenvalue weighted by molar-refractivity contribution is 5.37. The number of methoxy groups -OCH3 is 1. The molecule has 0 spiro atoms. The number of aryl methyl sites for hydroxylation is 1. The van der Waals surface area contributed by atoms with Gasteiger partial charge in [0, 0.05) is 6.04 Å². The first-order valence-electron chi connectivity index (χ1n) is 7.89. The highest BCUT2D eigenvalue weighted by Crippen LogP contribution is 2.26. The van der Waals surface area contributed by atoms with Crippen LogP contribution in [-0.2, 0) is 12.8 Å². The fourth-order valence-electron chi connectivity index (χ4n) is 3.41. The third kappa shape index (κ3) is 3.24. The molecule has 0 amide bonds.